The number of rotatable bonds is 3. The Balaban J connectivity index is 1.75. The number of alkyl halides is 3. The molecule has 0 saturated carbocycles. The summed E-state index contributed by atoms with van der Waals surface area (Å²) >= 11 is 1.70. The molecule has 0 bridgehead atoms. The van der Waals surface area contributed by atoms with Crippen molar-refractivity contribution in [2.24, 2.45) is 0 Å². The molecule has 0 spiro atoms. The van der Waals surface area contributed by atoms with Crippen molar-refractivity contribution in [3.05, 3.63) is 64.1 Å². The molecule has 1 atom stereocenters. The van der Waals surface area contributed by atoms with E-state index >= 15 is 0 Å². The lowest BCUT2D eigenvalue weighted by Gasteiger charge is -2.26. The van der Waals surface area contributed by atoms with Crippen LogP contribution in [0.3, 0.4) is 0 Å². The average molecular weight is 368 g/mol. The summed E-state index contributed by atoms with van der Waals surface area (Å²) in [6, 6.07) is 9.01. The number of aromatic nitrogens is 1. The summed E-state index contributed by atoms with van der Waals surface area (Å²) in [5.74, 6) is 0.346. The third-order valence-electron chi connectivity index (χ3n) is 3.92. The number of pyridine rings is 1. The number of nitrogens with one attached hydrogen (secondary N) is 1. The van der Waals surface area contributed by atoms with E-state index in [1.807, 2.05) is 24.3 Å². The van der Waals surface area contributed by atoms with Crippen molar-refractivity contribution in [1.82, 2.24) is 9.88 Å². The number of hydrogen-bond donors (Lipinski definition) is 1. The molecular weight excluding hydrogens is 353 g/mol. The largest absolute Gasteiger partial charge is 0.417 e. The fourth-order valence-corrected chi connectivity index (χ4v) is 3.83. The molecule has 1 aliphatic heterocycles. The van der Waals surface area contributed by atoms with Gasteiger partial charge in [0.1, 0.15) is 6.54 Å². The monoisotopic (exact) mass is 368 g/mol. The molecule has 25 heavy (non-hydrogen) atoms. The summed E-state index contributed by atoms with van der Waals surface area (Å²) in [6.07, 6.45) is -3.16. The van der Waals surface area contributed by atoms with Crippen LogP contribution < -0.4 is 10.9 Å². The second kappa shape index (κ2) is 6.95. The van der Waals surface area contributed by atoms with Crippen LogP contribution in [-0.4, -0.2) is 16.2 Å². The van der Waals surface area contributed by atoms with Gasteiger partial charge in [0.25, 0.3) is 5.56 Å². The highest BCUT2D eigenvalue weighted by Gasteiger charge is 2.31. The molecule has 2 aromatic rings. The summed E-state index contributed by atoms with van der Waals surface area (Å²) in [7, 11) is 0. The number of nitrogens with zero attached hydrogens (tertiary/aromatic N) is 1. The van der Waals surface area contributed by atoms with Crippen LogP contribution in [0, 0.1) is 0 Å². The lowest BCUT2D eigenvalue weighted by molar-refractivity contribution is -0.138. The zero-order valence-corrected chi connectivity index (χ0v) is 13.9. The number of carbonyl (C=O) groups is 1. The second-order valence-corrected chi connectivity index (χ2v) is 6.81. The minimum atomic E-state index is -4.56. The van der Waals surface area contributed by atoms with Crippen LogP contribution in [0.1, 0.15) is 23.6 Å². The Morgan fingerprint density at radius 2 is 2.00 bits per heavy atom. The van der Waals surface area contributed by atoms with Gasteiger partial charge in [-0.05, 0) is 24.1 Å². The van der Waals surface area contributed by atoms with Gasteiger partial charge in [-0.25, -0.2) is 0 Å². The SMILES string of the molecule is O=C(Cn1cc(C(F)(F)F)ccc1=O)NC1CCSc2ccccc21. The van der Waals surface area contributed by atoms with Crippen molar-refractivity contribution in [2.75, 3.05) is 5.75 Å². The van der Waals surface area contributed by atoms with E-state index in [9.17, 15) is 22.8 Å². The molecule has 0 radical (unpaired) electrons. The van der Waals surface area contributed by atoms with Crippen molar-refractivity contribution in [3.63, 3.8) is 0 Å². The number of fused-ring (bicyclic) bond motifs is 1. The summed E-state index contributed by atoms with van der Waals surface area (Å²) < 4.78 is 39.0. The Morgan fingerprint density at radius 3 is 2.76 bits per heavy atom. The summed E-state index contributed by atoms with van der Waals surface area (Å²) in [4.78, 5) is 25.1. The van der Waals surface area contributed by atoms with Gasteiger partial charge < -0.3 is 9.88 Å². The van der Waals surface area contributed by atoms with Crippen molar-refractivity contribution in [3.8, 4) is 0 Å². The van der Waals surface area contributed by atoms with Gasteiger partial charge >= 0.3 is 6.18 Å². The molecule has 1 aromatic heterocycles. The molecule has 3 rings (SSSR count). The highest BCUT2D eigenvalue weighted by Crippen LogP contribution is 2.35. The van der Waals surface area contributed by atoms with Crippen molar-refractivity contribution >= 4 is 17.7 Å². The number of halogens is 3. The second-order valence-electron chi connectivity index (χ2n) is 5.68. The maximum Gasteiger partial charge on any atom is 0.417 e. The molecular formula is C17H15F3N2O2S. The maximum absolute atomic E-state index is 12.8. The van der Waals surface area contributed by atoms with E-state index in [1.165, 1.54) is 0 Å². The van der Waals surface area contributed by atoms with E-state index in [4.69, 9.17) is 0 Å². The first-order valence-corrected chi connectivity index (χ1v) is 8.62. The third kappa shape index (κ3) is 4.07. The topological polar surface area (TPSA) is 51.1 Å². The smallest absolute Gasteiger partial charge is 0.348 e. The summed E-state index contributed by atoms with van der Waals surface area (Å²) in [5.41, 5.74) is -0.620. The highest BCUT2D eigenvalue weighted by atomic mass is 32.2. The van der Waals surface area contributed by atoms with Gasteiger partial charge in [0.05, 0.1) is 11.6 Å². The van der Waals surface area contributed by atoms with Crippen LogP contribution in [0.25, 0.3) is 0 Å². The highest BCUT2D eigenvalue weighted by molar-refractivity contribution is 7.99. The Morgan fingerprint density at radius 1 is 1.24 bits per heavy atom. The Labute approximate surface area is 146 Å². The first-order valence-electron chi connectivity index (χ1n) is 7.63. The van der Waals surface area contributed by atoms with E-state index in [2.05, 4.69) is 5.32 Å². The van der Waals surface area contributed by atoms with Gasteiger partial charge in [-0.1, -0.05) is 18.2 Å². The summed E-state index contributed by atoms with van der Waals surface area (Å²) in [6.45, 7) is -0.450. The van der Waals surface area contributed by atoms with E-state index in [0.717, 1.165) is 33.3 Å². The predicted molar refractivity (Wildman–Crippen MR) is 88.4 cm³/mol. The van der Waals surface area contributed by atoms with Crippen LogP contribution in [0.2, 0.25) is 0 Å². The molecule has 0 aliphatic carbocycles. The van der Waals surface area contributed by atoms with Crippen molar-refractivity contribution < 1.29 is 18.0 Å². The van der Waals surface area contributed by atoms with Crippen molar-refractivity contribution in [2.45, 2.75) is 30.1 Å². The zero-order valence-electron chi connectivity index (χ0n) is 13.0. The first kappa shape index (κ1) is 17.6. The predicted octanol–water partition coefficient (Wildman–Crippen LogP) is 3.22. The molecule has 1 aromatic carbocycles. The maximum atomic E-state index is 12.8. The molecule has 132 valence electrons. The van der Waals surface area contributed by atoms with Gasteiger partial charge in [0.2, 0.25) is 5.91 Å². The van der Waals surface area contributed by atoms with E-state index < -0.39 is 29.8 Å². The fourth-order valence-electron chi connectivity index (χ4n) is 2.71. The first-order chi connectivity index (χ1) is 11.8. The van der Waals surface area contributed by atoms with E-state index in [1.54, 1.807) is 11.8 Å². The van der Waals surface area contributed by atoms with E-state index in [-0.39, 0.29) is 6.04 Å². The standard InChI is InChI=1S/C17H15F3N2O2S/c18-17(19,20)11-5-6-16(24)22(9-11)10-15(23)21-13-7-8-25-14-4-2-1-3-12(13)14/h1-6,9,13H,7-8,10H2,(H,21,23). The van der Waals surface area contributed by atoms with Crippen LogP contribution in [0.5, 0.6) is 0 Å². The lowest BCUT2D eigenvalue weighted by atomic mass is 10.0. The zero-order chi connectivity index (χ0) is 18.0. The van der Waals surface area contributed by atoms with E-state index in [0.29, 0.717) is 12.3 Å². The number of amides is 1. The van der Waals surface area contributed by atoms with Crippen LogP contribution in [0.15, 0.2) is 52.3 Å². The molecule has 0 saturated heterocycles. The molecule has 0 fully saturated rings. The average Bonchev–Trinajstić information content (AvgIpc) is 2.56. The quantitative estimate of drug-likeness (QED) is 0.905. The fraction of sp³-hybridized carbons (Fsp3) is 0.294. The van der Waals surface area contributed by atoms with Gasteiger partial charge in [0, 0.05) is 22.9 Å². The minimum absolute atomic E-state index is 0.202. The molecule has 2 heterocycles. The number of hydrogen-bond acceptors (Lipinski definition) is 3. The molecule has 1 unspecified atom stereocenters. The van der Waals surface area contributed by atoms with Crippen LogP contribution >= 0.6 is 11.8 Å². The van der Waals surface area contributed by atoms with Gasteiger partial charge in [-0.15, -0.1) is 11.8 Å². The van der Waals surface area contributed by atoms with Gasteiger partial charge in [-0.2, -0.15) is 13.2 Å². The summed E-state index contributed by atoms with van der Waals surface area (Å²) in [5, 5.41) is 2.82. The van der Waals surface area contributed by atoms with Gasteiger partial charge in [-0.3, -0.25) is 9.59 Å². The number of benzene rings is 1. The number of thioether (sulfide) groups is 1. The Kier molecular flexibility index (Phi) is 4.89. The molecule has 8 heteroatoms. The molecule has 1 N–H and O–H groups in total. The van der Waals surface area contributed by atoms with Crippen LogP contribution in [0.4, 0.5) is 13.2 Å². The minimum Gasteiger partial charge on any atom is -0.348 e. The van der Waals surface area contributed by atoms with Crippen LogP contribution in [-0.2, 0) is 17.5 Å². The third-order valence-corrected chi connectivity index (χ3v) is 5.04. The normalized spacial score (nSPS) is 17.0. The van der Waals surface area contributed by atoms with Gasteiger partial charge in [0.15, 0.2) is 0 Å². The number of carbonyl (C=O) groups excluding carboxylic acids is 1. The molecule has 4 nitrogen and oxygen atoms in total. The van der Waals surface area contributed by atoms with Crippen molar-refractivity contribution in [1.29, 1.82) is 0 Å². The molecule has 1 aliphatic rings. The molecule has 1 amide bonds. The lowest BCUT2D eigenvalue weighted by Crippen LogP contribution is -2.36. The Hall–Kier alpha value is -2.22. The Bertz CT molecular complexity index is 848.